The SMILES string of the molecule is CCCNC(=S)NNc1cccc(Br)c1. The molecule has 0 amide bonds. The summed E-state index contributed by atoms with van der Waals surface area (Å²) in [6.45, 7) is 2.98. The fraction of sp³-hybridized carbons (Fsp3) is 0.300. The number of rotatable bonds is 4. The zero-order valence-electron chi connectivity index (χ0n) is 8.51. The Morgan fingerprint density at radius 1 is 1.47 bits per heavy atom. The number of hydrazine groups is 1. The average molecular weight is 288 g/mol. The van der Waals surface area contributed by atoms with Gasteiger partial charge in [0.05, 0.1) is 5.69 Å². The molecule has 0 bridgehead atoms. The summed E-state index contributed by atoms with van der Waals surface area (Å²) in [7, 11) is 0. The van der Waals surface area contributed by atoms with E-state index in [9.17, 15) is 0 Å². The van der Waals surface area contributed by atoms with Gasteiger partial charge in [-0.25, -0.2) is 0 Å². The Hall–Kier alpha value is -0.810. The fourth-order valence-electron chi connectivity index (χ4n) is 0.978. The molecule has 0 unspecified atom stereocenters. The highest BCUT2D eigenvalue weighted by atomic mass is 79.9. The molecule has 1 rings (SSSR count). The maximum Gasteiger partial charge on any atom is 0.185 e. The van der Waals surface area contributed by atoms with E-state index in [0.29, 0.717) is 5.11 Å². The maximum atomic E-state index is 5.06. The first-order valence-electron chi connectivity index (χ1n) is 4.78. The van der Waals surface area contributed by atoms with Crippen molar-refractivity contribution < 1.29 is 0 Å². The van der Waals surface area contributed by atoms with Crippen LogP contribution in [0, 0.1) is 0 Å². The Morgan fingerprint density at radius 2 is 2.27 bits per heavy atom. The molecular weight excluding hydrogens is 274 g/mol. The van der Waals surface area contributed by atoms with Crippen molar-refractivity contribution in [1.82, 2.24) is 10.7 Å². The molecule has 0 aromatic heterocycles. The van der Waals surface area contributed by atoms with Gasteiger partial charge in [-0.2, -0.15) is 0 Å². The lowest BCUT2D eigenvalue weighted by Crippen LogP contribution is -2.39. The van der Waals surface area contributed by atoms with Crippen LogP contribution in [-0.4, -0.2) is 11.7 Å². The molecule has 0 fully saturated rings. The lowest BCUT2D eigenvalue weighted by molar-refractivity contribution is 0.826. The summed E-state index contributed by atoms with van der Waals surface area (Å²) in [6, 6.07) is 7.85. The molecular formula is C10H14BrN3S. The van der Waals surface area contributed by atoms with Gasteiger partial charge in [0.25, 0.3) is 0 Å². The Bertz CT molecular complexity index is 330. The number of halogens is 1. The maximum absolute atomic E-state index is 5.06. The van der Waals surface area contributed by atoms with Crippen LogP contribution in [-0.2, 0) is 0 Å². The van der Waals surface area contributed by atoms with Crippen LogP contribution in [0.15, 0.2) is 28.7 Å². The van der Waals surface area contributed by atoms with Crippen LogP contribution in [0.5, 0.6) is 0 Å². The summed E-state index contributed by atoms with van der Waals surface area (Å²) in [6.07, 6.45) is 1.05. The molecule has 3 N–H and O–H groups in total. The van der Waals surface area contributed by atoms with Gasteiger partial charge in [0, 0.05) is 11.0 Å². The molecule has 1 aromatic rings. The second-order valence-electron chi connectivity index (χ2n) is 3.02. The van der Waals surface area contributed by atoms with Crippen LogP contribution in [0.1, 0.15) is 13.3 Å². The third-order valence-electron chi connectivity index (χ3n) is 1.68. The van der Waals surface area contributed by atoms with Crippen molar-refractivity contribution in [1.29, 1.82) is 0 Å². The summed E-state index contributed by atoms with van der Waals surface area (Å²) in [5.41, 5.74) is 6.88. The molecule has 0 aliphatic rings. The highest BCUT2D eigenvalue weighted by molar-refractivity contribution is 9.10. The monoisotopic (exact) mass is 287 g/mol. The van der Waals surface area contributed by atoms with Gasteiger partial charge in [0.15, 0.2) is 5.11 Å². The molecule has 0 heterocycles. The molecule has 3 nitrogen and oxygen atoms in total. The van der Waals surface area contributed by atoms with Crippen molar-refractivity contribution >= 4 is 38.9 Å². The predicted molar refractivity (Wildman–Crippen MR) is 71.8 cm³/mol. The van der Waals surface area contributed by atoms with Crippen LogP contribution < -0.4 is 16.2 Å². The van der Waals surface area contributed by atoms with Crippen molar-refractivity contribution in [2.24, 2.45) is 0 Å². The van der Waals surface area contributed by atoms with Crippen LogP contribution in [0.25, 0.3) is 0 Å². The van der Waals surface area contributed by atoms with E-state index in [0.717, 1.165) is 23.1 Å². The molecule has 0 spiro atoms. The number of nitrogens with one attached hydrogen (secondary N) is 3. The molecule has 5 heteroatoms. The van der Waals surface area contributed by atoms with Gasteiger partial charge in [-0.05, 0) is 36.8 Å². The summed E-state index contributed by atoms with van der Waals surface area (Å²) < 4.78 is 1.03. The Balaban J connectivity index is 2.33. The number of hydrogen-bond acceptors (Lipinski definition) is 2. The lowest BCUT2D eigenvalue weighted by atomic mass is 10.3. The summed E-state index contributed by atoms with van der Waals surface area (Å²) >= 11 is 8.45. The van der Waals surface area contributed by atoms with Gasteiger partial charge in [-0.1, -0.05) is 28.9 Å². The van der Waals surface area contributed by atoms with Crippen LogP contribution in [0.3, 0.4) is 0 Å². The topological polar surface area (TPSA) is 36.1 Å². The molecule has 0 atom stereocenters. The van der Waals surface area contributed by atoms with E-state index in [1.165, 1.54) is 0 Å². The second kappa shape index (κ2) is 6.63. The van der Waals surface area contributed by atoms with Crippen molar-refractivity contribution in [3.05, 3.63) is 28.7 Å². The summed E-state index contributed by atoms with van der Waals surface area (Å²) in [5, 5.41) is 3.67. The van der Waals surface area contributed by atoms with Crippen LogP contribution in [0.2, 0.25) is 0 Å². The van der Waals surface area contributed by atoms with E-state index in [-0.39, 0.29) is 0 Å². The first kappa shape index (κ1) is 12.3. The van der Waals surface area contributed by atoms with Crippen molar-refractivity contribution in [2.45, 2.75) is 13.3 Å². The van der Waals surface area contributed by atoms with E-state index in [4.69, 9.17) is 12.2 Å². The molecule has 15 heavy (non-hydrogen) atoms. The quantitative estimate of drug-likeness (QED) is 0.588. The molecule has 82 valence electrons. The van der Waals surface area contributed by atoms with E-state index >= 15 is 0 Å². The first-order chi connectivity index (χ1) is 7.22. The van der Waals surface area contributed by atoms with Gasteiger partial charge in [-0.3, -0.25) is 10.9 Å². The average Bonchev–Trinajstić information content (AvgIpc) is 2.23. The third-order valence-corrected chi connectivity index (χ3v) is 2.42. The molecule has 0 saturated heterocycles. The number of hydrogen-bond donors (Lipinski definition) is 3. The first-order valence-corrected chi connectivity index (χ1v) is 5.98. The molecule has 0 radical (unpaired) electrons. The van der Waals surface area contributed by atoms with E-state index < -0.39 is 0 Å². The standard InChI is InChI=1S/C10H14BrN3S/c1-2-6-12-10(15)14-13-9-5-3-4-8(11)7-9/h3-5,7,13H,2,6H2,1H3,(H2,12,14,15). The zero-order chi connectivity index (χ0) is 11.1. The third kappa shape index (κ3) is 4.99. The van der Waals surface area contributed by atoms with Gasteiger partial charge in [0.1, 0.15) is 0 Å². The molecule has 0 aliphatic carbocycles. The van der Waals surface area contributed by atoms with Crippen LogP contribution in [0.4, 0.5) is 5.69 Å². The van der Waals surface area contributed by atoms with E-state index in [2.05, 4.69) is 39.0 Å². The fourth-order valence-corrected chi connectivity index (χ4v) is 1.53. The number of thiocarbonyl (C=S) groups is 1. The van der Waals surface area contributed by atoms with Gasteiger partial charge < -0.3 is 5.32 Å². The van der Waals surface area contributed by atoms with Gasteiger partial charge in [-0.15, -0.1) is 0 Å². The lowest BCUT2D eigenvalue weighted by Gasteiger charge is -2.11. The van der Waals surface area contributed by atoms with Crippen molar-refractivity contribution in [3.63, 3.8) is 0 Å². The molecule has 1 aromatic carbocycles. The second-order valence-corrected chi connectivity index (χ2v) is 4.34. The van der Waals surface area contributed by atoms with Gasteiger partial charge in [0.2, 0.25) is 0 Å². The molecule has 0 aliphatic heterocycles. The van der Waals surface area contributed by atoms with E-state index in [1.54, 1.807) is 0 Å². The number of benzene rings is 1. The minimum atomic E-state index is 0.608. The Morgan fingerprint density at radius 3 is 2.93 bits per heavy atom. The van der Waals surface area contributed by atoms with Crippen molar-refractivity contribution in [3.8, 4) is 0 Å². The Kier molecular flexibility index (Phi) is 5.42. The minimum Gasteiger partial charge on any atom is -0.361 e. The summed E-state index contributed by atoms with van der Waals surface area (Å²) in [4.78, 5) is 0. The largest absolute Gasteiger partial charge is 0.361 e. The van der Waals surface area contributed by atoms with Crippen LogP contribution >= 0.6 is 28.1 Å². The van der Waals surface area contributed by atoms with Crippen molar-refractivity contribution in [2.75, 3.05) is 12.0 Å². The number of anilines is 1. The highest BCUT2D eigenvalue weighted by Crippen LogP contribution is 2.14. The zero-order valence-corrected chi connectivity index (χ0v) is 10.9. The predicted octanol–water partition coefficient (Wildman–Crippen LogP) is 2.65. The highest BCUT2D eigenvalue weighted by Gasteiger charge is 1.94. The summed E-state index contributed by atoms with van der Waals surface area (Å²) in [5.74, 6) is 0. The van der Waals surface area contributed by atoms with E-state index in [1.807, 2.05) is 24.3 Å². The Labute approximate surface area is 104 Å². The minimum absolute atomic E-state index is 0.608. The van der Waals surface area contributed by atoms with Gasteiger partial charge >= 0.3 is 0 Å². The molecule has 0 saturated carbocycles. The smallest absolute Gasteiger partial charge is 0.185 e. The normalized spacial score (nSPS) is 9.47.